The fourth-order valence-corrected chi connectivity index (χ4v) is 2.38. The molecule has 110 valence electrons. The maximum absolute atomic E-state index is 8.64. The first-order valence-corrected chi connectivity index (χ1v) is 7.26. The third-order valence-corrected chi connectivity index (χ3v) is 4.06. The molecule has 3 N–H and O–H groups in total. The fraction of sp³-hybridized carbons (Fsp3) is 0.0769. The summed E-state index contributed by atoms with van der Waals surface area (Å²) >= 11 is 15.3. The Bertz CT molecular complexity index is 695. The van der Waals surface area contributed by atoms with E-state index in [9.17, 15) is 0 Å². The SMILES string of the molecule is N/C(=N/O)c1cc(COc2cc(Cl)c(Br)cc2Cl)ccn1. The quantitative estimate of drug-likeness (QED) is 0.273. The highest BCUT2D eigenvalue weighted by Crippen LogP contribution is 2.34. The van der Waals surface area contributed by atoms with Crippen LogP contribution in [0.2, 0.25) is 10.0 Å². The van der Waals surface area contributed by atoms with Crippen molar-refractivity contribution in [3.05, 3.63) is 56.2 Å². The molecule has 2 aromatic rings. The summed E-state index contributed by atoms with van der Waals surface area (Å²) in [6.45, 7) is 0.242. The van der Waals surface area contributed by atoms with Crippen LogP contribution in [0.5, 0.6) is 5.75 Å². The first kappa shape index (κ1) is 15.9. The minimum Gasteiger partial charge on any atom is -0.487 e. The lowest BCUT2D eigenvalue weighted by Crippen LogP contribution is -2.15. The van der Waals surface area contributed by atoms with Gasteiger partial charge in [0.05, 0.1) is 10.0 Å². The molecule has 0 atom stereocenters. The number of nitrogens with zero attached hydrogens (tertiary/aromatic N) is 2. The van der Waals surface area contributed by atoms with E-state index in [4.69, 9.17) is 38.9 Å². The second kappa shape index (κ2) is 6.98. The van der Waals surface area contributed by atoms with Crippen LogP contribution >= 0.6 is 39.1 Å². The van der Waals surface area contributed by atoms with Gasteiger partial charge in [0.15, 0.2) is 5.84 Å². The molecule has 0 amide bonds. The molecule has 5 nitrogen and oxygen atoms in total. The lowest BCUT2D eigenvalue weighted by Gasteiger charge is -2.10. The van der Waals surface area contributed by atoms with Gasteiger partial charge in [-0.2, -0.15) is 0 Å². The molecule has 8 heteroatoms. The van der Waals surface area contributed by atoms with Crippen molar-refractivity contribution in [3.8, 4) is 5.75 Å². The predicted octanol–water partition coefficient (Wildman–Crippen LogP) is 3.82. The number of aromatic nitrogens is 1. The summed E-state index contributed by atoms with van der Waals surface area (Å²) in [4.78, 5) is 3.98. The highest BCUT2D eigenvalue weighted by atomic mass is 79.9. The molecule has 21 heavy (non-hydrogen) atoms. The van der Waals surface area contributed by atoms with Gasteiger partial charge in [-0.05, 0) is 39.7 Å². The van der Waals surface area contributed by atoms with Crippen LogP contribution in [-0.2, 0) is 6.61 Å². The summed E-state index contributed by atoms with van der Waals surface area (Å²) in [6.07, 6.45) is 1.54. The molecule has 0 unspecified atom stereocenters. The van der Waals surface area contributed by atoms with Gasteiger partial charge in [0.2, 0.25) is 0 Å². The summed E-state index contributed by atoms with van der Waals surface area (Å²) in [5.74, 6) is 0.397. The van der Waals surface area contributed by atoms with Gasteiger partial charge in [-0.1, -0.05) is 28.4 Å². The molecule has 0 aliphatic rings. The molecule has 1 aromatic heterocycles. The van der Waals surface area contributed by atoms with E-state index < -0.39 is 0 Å². The number of nitrogens with two attached hydrogens (primary N) is 1. The van der Waals surface area contributed by atoms with Gasteiger partial charge in [0, 0.05) is 16.7 Å². The molecule has 0 aliphatic heterocycles. The number of oxime groups is 1. The molecule has 1 aromatic carbocycles. The molecular weight excluding hydrogens is 381 g/mol. The lowest BCUT2D eigenvalue weighted by atomic mass is 10.2. The van der Waals surface area contributed by atoms with Gasteiger partial charge < -0.3 is 15.7 Å². The summed E-state index contributed by atoms with van der Waals surface area (Å²) < 4.78 is 6.31. The molecular formula is C13H10BrCl2N3O2. The van der Waals surface area contributed by atoms with Gasteiger partial charge in [0.25, 0.3) is 0 Å². The van der Waals surface area contributed by atoms with E-state index in [0.29, 0.717) is 26.0 Å². The number of rotatable bonds is 4. The van der Waals surface area contributed by atoms with Crippen molar-refractivity contribution in [3.63, 3.8) is 0 Å². The van der Waals surface area contributed by atoms with Crippen LogP contribution in [0, 0.1) is 0 Å². The van der Waals surface area contributed by atoms with Gasteiger partial charge in [-0.15, -0.1) is 0 Å². The van der Waals surface area contributed by atoms with Crippen molar-refractivity contribution in [2.45, 2.75) is 6.61 Å². The zero-order chi connectivity index (χ0) is 15.4. The molecule has 0 spiro atoms. The lowest BCUT2D eigenvalue weighted by molar-refractivity contribution is 0.306. The minimum absolute atomic E-state index is 0.0680. The summed E-state index contributed by atoms with van der Waals surface area (Å²) in [5, 5.41) is 12.5. The molecule has 0 radical (unpaired) electrons. The van der Waals surface area contributed by atoms with Crippen LogP contribution in [-0.4, -0.2) is 16.0 Å². The first-order valence-electron chi connectivity index (χ1n) is 5.71. The first-order chi connectivity index (χ1) is 10.0. The molecule has 0 bridgehead atoms. The maximum atomic E-state index is 8.64. The van der Waals surface area contributed by atoms with Gasteiger partial charge >= 0.3 is 0 Å². The van der Waals surface area contributed by atoms with E-state index in [2.05, 4.69) is 26.1 Å². The summed E-state index contributed by atoms with van der Waals surface area (Å²) in [7, 11) is 0. The van der Waals surface area contributed by atoms with Crippen molar-refractivity contribution >= 4 is 45.0 Å². The Hall–Kier alpha value is -1.50. The van der Waals surface area contributed by atoms with Crippen molar-refractivity contribution in [1.82, 2.24) is 4.98 Å². The van der Waals surface area contributed by atoms with Crippen LogP contribution < -0.4 is 10.5 Å². The van der Waals surface area contributed by atoms with E-state index in [1.54, 1.807) is 30.5 Å². The average molecular weight is 391 g/mol. The van der Waals surface area contributed by atoms with Crippen molar-refractivity contribution < 1.29 is 9.94 Å². The van der Waals surface area contributed by atoms with E-state index in [0.717, 1.165) is 5.56 Å². The Morgan fingerprint density at radius 2 is 2.10 bits per heavy atom. The topological polar surface area (TPSA) is 80.7 Å². The Morgan fingerprint density at radius 3 is 2.81 bits per heavy atom. The van der Waals surface area contributed by atoms with Crippen LogP contribution in [0.1, 0.15) is 11.3 Å². The standard InChI is InChI=1S/C13H10BrCl2N3O2/c14-8-4-10(16)12(5-9(8)15)21-6-7-1-2-18-11(3-7)13(17)19-20/h1-5,20H,6H2,(H2,17,19). The summed E-state index contributed by atoms with van der Waals surface area (Å²) in [5.41, 5.74) is 6.64. The normalized spacial score (nSPS) is 11.5. The number of ether oxygens (including phenoxy) is 1. The van der Waals surface area contributed by atoms with E-state index in [1.807, 2.05) is 0 Å². The third-order valence-electron chi connectivity index (χ3n) is 2.56. The predicted molar refractivity (Wildman–Crippen MR) is 85.2 cm³/mol. The molecule has 0 saturated heterocycles. The Labute approximate surface area is 139 Å². The number of halogens is 3. The fourth-order valence-electron chi connectivity index (χ4n) is 1.53. The number of hydrogen-bond donors (Lipinski definition) is 2. The number of pyridine rings is 1. The zero-order valence-electron chi connectivity index (χ0n) is 10.6. The van der Waals surface area contributed by atoms with Crippen LogP contribution in [0.25, 0.3) is 0 Å². The van der Waals surface area contributed by atoms with Gasteiger partial charge in [-0.3, -0.25) is 4.98 Å². The second-order valence-corrected chi connectivity index (χ2v) is 5.69. The monoisotopic (exact) mass is 389 g/mol. The van der Waals surface area contributed by atoms with Crippen LogP contribution in [0.15, 0.2) is 40.1 Å². The third kappa shape index (κ3) is 4.00. The van der Waals surface area contributed by atoms with E-state index in [1.165, 1.54) is 0 Å². The molecule has 0 aliphatic carbocycles. The maximum Gasteiger partial charge on any atom is 0.188 e. The molecule has 2 rings (SSSR count). The largest absolute Gasteiger partial charge is 0.487 e. The van der Waals surface area contributed by atoms with Crippen LogP contribution in [0.4, 0.5) is 0 Å². The minimum atomic E-state index is -0.0680. The van der Waals surface area contributed by atoms with E-state index in [-0.39, 0.29) is 12.4 Å². The Morgan fingerprint density at radius 1 is 1.33 bits per heavy atom. The number of amidine groups is 1. The van der Waals surface area contributed by atoms with Gasteiger partial charge in [0.1, 0.15) is 18.1 Å². The Kier molecular flexibility index (Phi) is 5.27. The van der Waals surface area contributed by atoms with Crippen LogP contribution in [0.3, 0.4) is 0 Å². The van der Waals surface area contributed by atoms with Crippen molar-refractivity contribution in [2.75, 3.05) is 0 Å². The average Bonchev–Trinajstić information content (AvgIpc) is 2.49. The highest BCUT2D eigenvalue weighted by Gasteiger charge is 2.08. The highest BCUT2D eigenvalue weighted by molar-refractivity contribution is 9.10. The molecule has 1 heterocycles. The smallest absolute Gasteiger partial charge is 0.188 e. The Balaban J connectivity index is 2.15. The van der Waals surface area contributed by atoms with E-state index >= 15 is 0 Å². The number of hydrogen-bond acceptors (Lipinski definition) is 4. The van der Waals surface area contributed by atoms with Crippen molar-refractivity contribution in [1.29, 1.82) is 0 Å². The molecule has 0 saturated carbocycles. The molecule has 0 fully saturated rings. The van der Waals surface area contributed by atoms with Crippen molar-refractivity contribution in [2.24, 2.45) is 10.9 Å². The number of benzene rings is 1. The summed E-state index contributed by atoms with van der Waals surface area (Å²) in [6, 6.07) is 6.69. The zero-order valence-corrected chi connectivity index (χ0v) is 13.7. The van der Waals surface area contributed by atoms with Gasteiger partial charge in [-0.25, -0.2) is 0 Å². The second-order valence-electron chi connectivity index (χ2n) is 4.02.